The summed E-state index contributed by atoms with van der Waals surface area (Å²) < 4.78 is 5.35. The summed E-state index contributed by atoms with van der Waals surface area (Å²) in [6.45, 7) is 5.75. The molecule has 0 aliphatic rings. The van der Waals surface area contributed by atoms with E-state index in [0.29, 0.717) is 16.9 Å². The van der Waals surface area contributed by atoms with Gasteiger partial charge in [-0.05, 0) is 50.1 Å². The molecule has 0 N–H and O–H groups in total. The van der Waals surface area contributed by atoms with Gasteiger partial charge in [0.25, 0.3) is 0 Å². The second-order valence-corrected chi connectivity index (χ2v) is 4.62. The molecule has 0 unspecified atom stereocenters. The van der Waals surface area contributed by atoms with E-state index in [1.807, 2.05) is 32.9 Å². The van der Waals surface area contributed by atoms with Crippen molar-refractivity contribution in [3.63, 3.8) is 0 Å². The minimum atomic E-state index is -0.0417. The van der Waals surface area contributed by atoms with Gasteiger partial charge in [-0.1, -0.05) is 6.07 Å². The van der Waals surface area contributed by atoms with Crippen molar-refractivity contribution in [1.29, 1.82) is 0 Å². The summed E-state index contributed by atoms with van der Waals surface area (Å²) in [5, 5.41) is 0. The van der Waals surface area contributed by atoms with Crippen LogP contribution in [0.15, 0.2) is 30.5 Å². The fourth-order valence-electron chi connectivity index (χ4n) is 2.24. The van der Waals surface area contributed by atoms with E-state index in [-0.39, 0.29) is 5.78 Å². The maximum Gasteiger partial charge on any atom is 0.198 e. The van der Waals surface area contributed by atoms with E-state index in [9.17, 15) is 4.79 Å². The second kappa shape index (κ2) is 5.22. The van der Waals surface area contributed by atoms with Crippen molar-refractivity contribution in [2.24, 2.45) is 0 Å². The first-order valence-corrected chi connectivity index (χ1v) is 6.16. The fraction of sp³-hybridized carbons (Fsp3) is 0.250. The number of pyridine rings is 1. The van der Waals surface area contributed by atoms with Crippen molar-refractivity contribution in [3.8, 4) is 5.75 Å². The summed E-state index contributed by atoms with van der Waals surface area (Å²) >= 11 is 0. The van der Waals surface area contributed by atoms with Gasteiger partial charge in [0.2, 0.25) is 0 Å². The van der Waals surface area contributed by atoms with Gasteiger partial charge in [-0.25, -0.2) is 0 Å². The predicted molar refractivity (Wildman–Crippen MR) is 74.9 cm³/mol. The summed E-state index contributed by atoms with van der Waals surface area (Å²) in [7, 11) is 1.58. The second-order valence-electron chi connectivity index (χ2n) is 4.62. The molecule has 0 spiro atoms. The van der Waals surface area contributed by atoms with Crippen LogP contribution in [0, 0.1) is 20.8 Å². The Bertz CT molecular complexity index is 633. The van der Waals surface area contributed by atoms with Crippen LogP contribution in [0.3, 0.4) is 0 Å². The quantitative estimate of drug-likeness (QED) is 0.790. The molecule has 2 rings (SSSR count). The van der Waals surface area contributed by atoms with Crippen molar-refractivity contribution >= 4 is 5.78 Å². The third-order valence-corrected chi connectivity index (χ3v) is 3.14. The smallest absolute Gasteiger partial charge is 0.198 e. The Labute approximate surface area is 113 Å². The van der Waals surface area contributed by atoms with Gasteiger partial charge in [0.15, 0.2) is 5.78 Å². The summed E-state index contributed by atoms with van der Waals surface area (Å²) in [6, 6.07) is 7.44. The van der Waals surface area contributed by atoms with Crippen molar-refractivity contribution in [2.45, 2.75) is 20.8 Å². The zero-order chi connectivity index (χ0) is 14.0. The van der Waals surface area contributed by atoms with E-state index in [2.05, 4.69) is 4.98 Å². The van der Waals surface area contributed by atoms with Crippen molar-refractivity contribution in [2.75, 3.05) is 7.11 Å². The number of carbonyl (C=O) groups excluding carboxylic acids is 1. The van der Waals surface area contributed by atoms with Crippen molar-refractivity contribution in [3.05, 3.63) is 58.4 Å². The monoisotopic (exact) mass is 255 g/mol. The molecule has 0 aliphatic carbocycles. The van der Waals surface area contributed by atoms with Gasteiger partial charge in [0.05, 0.1) is 12.7 Å². The molecule has 0 radical (unpaired) electrons. The lowest BCUT2D eigenvalue weighted by atomic mass is 9.96. The zero-order valence-electron chi connectivity index (χ0n) is 11.7. The molecule has 2 aromatic rings. The molecule has 98 valence electrons. The highest BCUT2D eigenvalue weighted by atomic mass is 16.5. The van der Waals surface area contributed by atoms with Gasteiger partial charge >= 0.3 is 0 Å². The third kappa shape index (κ3) is 2.50. The van der Waals surface area contributed by atoms with Gasteiger partial charge in [0.1, 0.15) is 5.75 Å². The number of carbonyl (C=O) groups is 1. The lowest BCUT2D eigenvalue weighted by Gasteiger charge is -2.13. The Hall–Kier alpha value is -2.16. The Kier molecular flexibility index (Phi) is 3.65. The van der Waals surface area contributed by atoms with Crippen LogP contribution in [-0.4, -0.2) is 17.9 Å². The van der Waals surface area contributed by atoms with Gasteiger partial charge in [0, 0.05) is 17.5 Å². The van der Waals surface area contributed by atoms with Crippen molar-refractivity contribution in [1.82, 2.24) is 4.98 Å². The number of nitrogens with zero attached hydrogens (tertiary/aromatic N) is 1. The Morgan fingerprint density at radius 2 is 1.95 bits per heavy atom. The summed E-state index contributed by atoms with van der Waals surface area (Å²) in [4.78, 5) is 16.8. The maximum atomic E-state index is 12.7. The first-order valence-electron chi connectivity index (χ1n) is 6.16. The Morgan fingerprint density at radius 3 is 2.58 bits per heavy atom. The fourth-order valence-corrected chi connectivity index (χ4v) is 2.24. The van der Waals surface area contributed by atoms with E-state index in [0.717, 1.165) is 16.8 Å². The first kappa shape index (κ1) is 13.3. The van der Waals surface area contributed by atoms with Crippen LogP contribution in [0.1, 0.15) is 32.7 Å². The Balaban J connectivity index is 2.59. The van der Waals surface area contributed by atoms with Crippen LogP contribution in [-0.2, 0) is 0 Å². The first-order chi connectivity index (χ1) is 9.04. The van der Waals surface area contributed by atoms with E-state index in [4.69, 9.17) is 4.74 Å². The summed E-state index contributed by atoms with van der Waals surface area (Å²) in [5.41, 5.74) is 3.96. The van der Waals surface area contributed by atoms with E-state index < -0.39 is 0 Å². The minimum absolute atomic E-state index is 0.0417. The molecular weight excluding hydrogens is 238 g/mol. The standard InChI is InChI=1S/C16H17NO2/c1-10-8-11(2)15(14(9-10)19-4)16(18)13-6-5-7-17-12(13)3/h5-9H,1-4H3. The molecule has 1 aromatic heterocycles. The molecule has 3 heteroatoms. The minimum Gasteiger partial charge on any atom is -0.496 e. The topological polar surface area (TPSA) is 39.2 Å². The van der Waals surface area contributed by atoms with Crippen LogP contribution in [0.25, 0.3) is 0 Å². The van der Waals surface area contributed by atoms with Crippen LogP contribution in [0.2, 0.25) is 0 Å². The molecule has 1 heterocycles. The lowest BCUT2D eigenvalue weighted by molar-refractivity contribution is 0.103. The number of hydrogen-bond donors (Lipinski definition) is 0. The molecule has 3 nitrogen and oxygen atoms in total. The van der Waals surface area contributed by atoms with Gasteiger partial charge < -0.3 is 4.74 Å². The molecule has 0 saturated carbocycles. The number of aryl methyl sites for hydroxylation is 3. The molecule has 0 bridgehead atoms. The number of methoxy groups -OCH3 is 1. The molecule has 0 atom stereocenters. The van der Waals surface area contributed by atoms with Gasteiger partial charge in [-0.3, -0.25) is 9.78 Å². The molecule has 1 aromatic carbocycles. The molecular formula is C16H17NO2. The number of ether oxygens (including phenoxy) is 1. The number of ketones is 1. The lowest BCUT2D eigenvalue weighted by Crippen LogP contribution is -2.09. The van der Waals surface area contributed by atoms with Crippen molar-refractivity contribution < 1.29 is 9.53 Å². The molecule has 0 fully saturated rings. The van der Waals surface area contributed by atoms with Crippen LogP contribution in [0.4, 0.5) is 0 Å². The highest BCUT2D eigenvalue weighted by molar-refractivity contribution is 6.12. The third-order valence-electron chi connectivity index (χ3n) is 3.14. The molecule has 0 aliphatic heterocycles. The molecule has 0 saturated heterocycles. The zero-order valence-corrected chi connectivity index (χ0v) is 11.7. The largest absolute Gasteiger partial charge is 0.496 e. The number of hydrogen-bond acceptors (Lipinski definition) is 3. The summed E-state index contributed by atoms with van der Waals surface area (Å²) in [6.07, 6.45) is 1.69. The van der Waals surface area contributed by atoms with E-state index in [1.54, 1.807) is 25.4 Å². The SMILES string of the molecule is COc1cc(C)cc(C)c1C(=O)c1cccnc1C. The molecule has 19 heavy (non-hydrogen) atoms. The van der Waals surface area contributed by atoms with E-state index >= 15 is 0 Å². The number of aromatic nitrogens is 1. The average molecular weight is 255 g/mol. The molecule has 0 amide bonds. The predicted octanol–water partition coefficient (Wildman–Crippen LogP) is 3.25. The van der Waals surface area contributed by atoms with Gasteiger partial charge in [-0.2, -0.15) is 0 Å². The Morgan fingerprint density at radius 1 is 1.21 bits per heavy atom. The highest BCUT2D eigenvalue weighted by Gasteiger charge is 2.19. The highest BCUT2D eigenvalue weighted by Crippen LogP contribution is 2.27. The van der Waals surface area contributed by atoms with E-state index in [1.165, 1.54) is 0 Å². The normalized spacial score (nSPS) is 10.3. The number of benzene rings is 1. The van der Waals surface area contributed by atoms with Gasteiger partial charge in [-0.15, -0.1) is 0 Å². The van der Waals surface area contributed by atoms with Crippen LogP contribution < -0.4 is 4.74 Å². The average Bonchev–Trinajstić information content (AvgIpc) is 2.37. The summed E-state index contributed by atoms with van der Waals surface area (Å²) in [5.74, 6) is 0.575. The maximum absolute atomic E-state index is 12.7. The van der Waals surface area contributed by atoms with Crippen LogP contribution >= 0.6 is 0 Å². The number of rotatable bonds is 3. The van der Waals surface area contributed by atoms with Crippen LogP contribution in [0.5, 0.6) is 5.75 Å².